The minimum Gasteiger partial charge on any atom is -0.309 e. The van der Waals surface area contributed by atoms with E-state index in [-0.39, 0.29) is 0 Å². The molecular weight excluding hydrogens is 843 g/mol. The highest BCUT2D eigenvalue weighted by Gasteiger charge is 2.51. The Hall–Kier alpha value is -9.04. The van der Waals surface area contributed by atoms with E-state index >= 15 is 0 Å². The molecule has 0 bridgehead atoms. The Balaban J connectivity index is 1.06. The van der Waals surface area contributed by atoms with Gasteiger partial charge in [0.25, 0.3) is 0 Å². The van der Waals surface area contributed by atoms with Crippen LogP contribution in [-0.2, 0) is 5.41 Å². The molecule has 0 saturated heterocycles. The molecule has 2 aliphatic rings. The minimum atomic E-state index is -0.497. The van der Waals surface area contributed by atoms with E-state index in [4.69, 9.17) is 0 Å². The quantitative estimate of drug-likeness (QED) is 0.154. The second-order valence-electron chi connectivity index (χ2n) is 18.7. The first kappa shape index (κ1) is 40.1. The molecule has 0 saturated carbocycles. The molecule has 0 unspecified atom stereocenters. The summed E-state index contributed by atoms with van der Waals surface area (Å²) < 4.78 is 0. The maximum atomic E-state index is 2.56. The van der Waals surface area contributed by atoms with Crippen molar-refractivity contribution >= 4 is 38.6 Å². The fraction of sp³-hybridized carbons (Fsp3) is 0.0145. The van der Waals surface area contributed by atoms with E-state index in [1.807, 2.05) is 0 Å². The molecule has 0 aromatic heterocycles. The first-order valence-electron chi connectivity index (χ1n) is 24.3. The van der Waals surface area contributed by atoms with Crippen LogP contribution >= 0.6 is 0 Å². The van der Waals surface area contributed by atoms with Gasteiger partial charge in [-0.3, -0.25) is 0 Å². The first-order valence-corrected chi connectivity index (χ1v) is 24.3. The third-order valence-electron chi connectivity index (χ3n) is 15.1. The van der Waals surface area contributed by atoms with Gasteiger partial charge >= 0.3 is 0 Å². The summed E-state index contributed by atoms with van der Waals surface area (Å²) in [4.78, 5) is 2.56. The smallest absolute Gasteiger partial charge is 0.0726 e. The summed E-state index contributed by atoms with van der Waals surface area (Å²) in [5.74, 6) is 0. The van der Waals surface area contributed by atoms with Crippen LogP contribution in [0.5, 0.6) is 0 Å². The van der Waals surface area contributed by atoms with E-state index in [9.17, 15) is 0 Å². The van der Waals surface area contributed by atoms with E-state index in [2.05, 4.69) is 278 Å². The van der Waals surface area contributed by atoms with Crippen LogP contribution in [0.25, 0.3) is 88.3 Å². The molecule has 14 rings (SSSR count). The van der Waals surface area contributed by atoms with E-state index < -0.39 is 5.41 Å². The molecule has 1 heteroatoms. The van der Waals surface area contributed by atoms with Gasteiger partial charge in [0.2, 0.25) is 0 Å². The van der Waals surface area contributed by atoms with Crippen LogP contribution in [0.15, 0.2) is 273 Å². The Labute approximate surface area is 408 Å². The lowest BCUT2D eigenvalue weighted by atomic mass is 9.70. The monoisotopic (exact) mass is 887 g/mol. The van der Waals surface area contributed by atoms with Gasteiger partial charge < -0.3 is 4.90 Å². The molecule has 12 aromatic carbocycles. The third kappa shape index (κ3) is 6.12. The Bertz CT molecular complexity index is 3930. The molecule has 0 fully saturated rings. The predicted octanol–water partition coefficient (Wildman–Crippen LogP) is 18.5. The van der Waals surface area contributed by atoms with Gasteiger partial charge in [0.05, 0.1) is 16.8 Å². The van der Waals surface area contributed by atoms with Gasteiger partial charge in [0.15, 0.2) is 0 Å². The van der Waals surface area contributed by atoms with Gasteiger partial charge in [0, 0.05) is 16.8 Å². The Morgan fingerprint density at radius 2 is 0.714 bits per heavy atom. The van der Waals surface area contributed by atoms with Crippen molar-refractivity contribution in [1.29, 1.82) is 0 Å². The maximum absolute atomic E-state index is 2.56. The Kier molecular flexibility index (Phi) is 9.19. The second-order valence-corrected chi connectivity index (χ2v) is 18.7. The molecule has 70 heavy (non-hydrogen) atoms. The van der Waals surface area contributed by atoms with Crippen LogP contribution in [-0.4, -0.2) is 0 Å². The molecule has 1 spiro atoms. The summed E-state index contributed by atoms with van der Waals surface area (Å²) in [5, 5.41) is 4.85. The molecule has 326 valence electrons. The van der Waals surface area contributed by atoms with Gasteiger partial charge in [0.1, 0.15) is 0 Å². The zero-order chi connectivity index (χ0) is 46.2. The molecule has 0 aliphatic heterocycles. The van der Waals surface area contributed by atoms with Crippen molar-refractivity contribution < 1.29 is 0 Å². The SMILES string of the molecule is c1ccc(-c2ccc(-c3ccc(N(c4ccc5c(c4)C4(c6ccccc6-c6ccccc64)c4ccccc4-5)c4ccc5ccccc5c4-c4ccc5ccccc5c4)c(-c4ccccc4)c3)cc2)cc1. The summed E-state index contributed by atoms with van der Waals surface area (Å²) in [6.45, 7) is 0. The fourth-order valence-corrected chi connectivity index (χ4v) is 12.0. The number of anilines is 3. The van der Waals surface area contributed by atoms with Gasteiger partial charge in [-0.1, -0.05) is 237 Å². The van der Waals surface area contributed by atoms with Crippen molar-refractivity contribution in [2.45, 2.75) is 5.41 Å². The fourth-order valence-electron chi connectivity index (χ4n) is 12.0. The molecule has 0 atom stereocenters. The maximum Gasteiger partial charge on any atom is 0.0726 e. The lowest BCUT2D eigenvalue weighted by molar-refractivity contribution is 0.793. The number of benzene rings is 12. The Morgan fingerprint density at radius 3 is 1.39 bits per heavy atom. The summed E-state index contributed by atoms with van der Waals surface area (Å²) >= 11 is 0. The van der Waals surface area contributed by atoms with Crippen LogP contribution in [0.4, 0.5) is 17.1 Å². The first-order chi connectivity index (χ1) is 34.7. The lowest BCUT2D eigenvalue weighted by Gasteiger charge is -2.34. The van der Waals surface area contributed by atoms with Crippen molar-refractivity contribution in [3.63, 3.8) is 0 Å². The number of hydrogen-bond donors (Lipinski definition) is 0. The average Bonchev–Trinajstić information content (AvgIpc) is 3.91. The minimum absolute atomic E-state index is 0.497. The number of nitrogens with zero attached hydrogens (tertiary/aromatic N) is 1. The van der Waals surface area contributed by atoms with Crippen molar-refractivity contribution in [3.05, 3.63) is 295 Å². The van der Waals surface area contributed by atoms with Gasteiger partial charge in [-0.05, 0) is 136 Å². The number of rotatable bonds is 7. The number of hydrogen-bond acceptors (Lipinski definition) is 1. The highest BCUT2D eigenvalue weighted by Crippen LogP contribution is 2.63. The molecule has 12 aromatic rings. The van der Waals surface area contributed by atoms with Crippen LogP contribution in [0.2, 0.25) is 0 Å². The molecule has 2 aliphatic carbocycles. The zero-order valence-corrected chi connectivity index (χ0v) is 38.4. The molecule has 0 heterocycles. The zero-order valence-electron chi connectivity index (χ0n) is 38.4. The summed E-state index contributed by atoms with van der Waals surface area (Å²) in [6, 6.07) is 101. The van der Waals surface area contributed by atoms with Crippen molar-refractivity contribution in [2.24, 2.45) is 0 Å². The van der Waals surface area contributed by atoms with E-state index in [0.717, 1.165) is 33.8 Å². The highest BCUT2D eigenvalue weighted by atomic mass is 15.1. The third-order valence-corrected chi connectivity index (χ3v) is 15.1. The van der Waals surface area contributed by atoms with E-state index in [1.54, 1.807) is 0 Å². The molecule has 0 N–H and O–H groups in total. The Morgan fingerprint density at radius 1 is 0.243 bits per heavy atom. The summed E-state index contributed by atoms with van der Waals surface area (Å²) in [5.41, 5.74) is 22.7. The van der Waals surface area contributed by atoms with Crippen molar-refractivity contribution in [1.82, 2.24) is 0 Å². The second kappa shape index (κ2) is 16.0. The van der Waals surface area contributed by atoms with Crippen LogP contribution in [0.1, 0.15) is 22.3 Å². The van der Waals surface area contributed by atoms with Crippen LogP contribution in [0, 0.1) is 0 Å². The van der Waals surface area contributed by atoms with Crippen molar-refractivity contribution in [3.8, 4) is 66.8 Å². The standard InChI is InChI=1S/C69H45N/c1-3-17-46(18-4-1)48-31-33-49(34-32-48)53-38-41-66(61(44-53)50-20-5-2-6-21-50)70(67-42-37-51-22-9-10-24-56(51)68(67)54-36-35-47-19-7-8-23-52(47)43-54)55-39-40-60-59-27-13-16-30-64(59)69(65(60)45-55)62-28-14-11-25-57(62)58-26-12-15-29-63(58)69/h1-45H. The van der Waals surface area contributed by atoms with Gasteiger partial charge in [-0.2, -0.15) is 0 Å². The molecule has 0 radical (unpaired) electrons. The van der Waals surface area contributed by atoms with Gasteiger partial charge in [-0.15, -0.1) is 0 Å². The molecular formula is C69H45N. The van der Waals surface area contributed by atoms with Crippen molar-refractivity contribution in [2.75, 3.05) is 4.90 Å². The molecule has 1 nitrogen and oxygen atoms in total. The largest absolute Gasteiger partial charge is 0.309 e. The predicted molar refractivity (Wildman–Crippen MR) is 294 cm³/mol. The molecule has 0 amide bonds. The average molecular weight is 888 g/mol. The normalized spacial score (nSPS) is 12.7. The summed E-state index contributed by atoms with van der Waals surface area (Å²) in [7, 11) is 0. The van der Waals surface area contributed by atoms with E-state index in [1.165, 1.54) is 93.9 Å². The lowest BCUT2D eigenvalue weighted by Crippen LogP contribution is -2.26. The highest BCUT2D eigenvalue weighted by molar-refractivity contribution is 6.08. The number of fused-ring (bicyclic) bond motifs is 12. The topological polar surface area (TPSA) is 3.24 Å². The van der Waals surface area contributed by atoms with E-state index in [0.29, 0.717) is 0 Å². The van der Waals surface area contributed by atoms with Crippen LogP contribution < -0.4 is 4.90 Å². The van der Waals surface area contributed by atoms with Crippen LogP contribution in [0.3, 0.4) is 0 Å². The van der Waals surface area contributed by atoms with Gasteiger partial charge in [-0.25, -0.2) is 0 Å². The summed E-state index contributed by atoms with van der Waals surface area (Å²) in [6.07, 6.45) is 0.